The minimum Gasteiger partial charge on any atom is -0.480 e. The van der Waals surface area contributed by atoms with E-state index in [1.165, 1.54) is 11.1 Å². The van der Waals surface area contributed by atoms with Gasteiger partial charge < -0.3 is 5.11 Å². The number of rotatable bonds is 6. The quantitative estimate of drug-likeness (QED) is 0.873. The van der Waals surface area contributed by atoms with Crippen LogP contribution in [0, 0.1) is 6.92 Å². The molecular weight excluding hydrogens is 300 g/mol. The third-order valence-corrected chi connectivity index (χ3v) is 4.75. The highest BCUT2D eigenvalue weighted by Crippen LogP contribution is 2.21. The molecule has 1 aliphatic rings. The van der Waals surface area contributed by atoms with Gasteiger partial charge in [-0.15, -0.1) is 0 Å². The van der Waals surface area contributed by atoms with Gasteiger partial charge in [-0.3, -0.25) is 14.6 Å². The standard InChI is InChI=1S/C17H25ClN2O2/c1-3-20(12-17(21)22)16-6-8-19(9-7-16)11-14-4-5-15(18)10-13(14)2/h4-5,10,16H,3,6-9,11-12H2,1-2H3,(H,21,22). The third-order valence-electron chi connectivity index (χ3n) is 4.52. The predicted octanol–water partition coefficient (Wildman–Crippen LogP) is 3.02. The number of hydrogen-bond acceptors (Lipinski definition) is 3. The van der Waals surface area contributed by atoms with Gasteiger partial charge in [0.2, 0.25) is 0 Å². The highest BCUT2D eigenvalue weighted by molar-refractivity contribution is 6.30. The monoisotopic (exact) mass is 324 g/mol. The number of benzene rings is 1. The average Bonchev–Trinajstić information content (AvgIpc) is 2.48. The van der Waals surface area contributed by atoms with Crippen LogP contribution in [0.1, 0.15) is 30.9 Å². The number of piperidine rings is 1. The van der Waals surface area contributed by atoms with Crippen LogP contribution >= 0.6 is 11.6 Å². The molecule has 0 spiro atoms. The fourth-order valence-electron chi connectivity index (χ4n) is 3.19. The molecule has 4 nitrogen and oxygen atoms in total. The van der Waals surface area contributed by atoms with Crippen molar-refractivity contribution in [1.82, 2.24) is 9.80 Å². The van der Waals surface area contributed by atoms with Gasteiger partial charge in [0.05, 0.1) is 6.54 Å². The molecule has 122 valence electrons. The molecule has 0 saturated carbocycles. The summed E-state index contributed by atoms with van der Waals surface area (Å²) in [7, 11) is 0. The van der Waals surface area contributed by atoms with Gasteiger partial charge in [0.25, 0.3) is 0 Å². The molecule has 1 aromatic rings. The maximum Gasteiger partial charge on any atom is 0.317 e. The molecule has 0 amide bonds. The molecule has 0 aliphatic carbocycles. The van der Waals surface area contributed by atoms with Crippen molar-refractivity contribution < 1.29 is 9.90 Å². The van der Waals surface area contributed by atoms with E-state index >= 15 is 0 Å². The van der Waals surface area contributed by atoms with Gasteiger partial charge in [0.15, 0.2) is 0 Å². The van der Waals surface area contributed by atoms with Gasteiger partial charge in [-0.2, -0.15) is 0 Å². The van der Waals surface area contributed by atoms with Crippen molar-refractivity contribution in [3.63, 3.8) is 0 Å². The van der Waals surface area contributed by atoms with Crippen LogP contribution < -0.4 is 0 Å². The summed E-state index contributed by atoms with van der Waals surface area (Å²) in [6.45, 7) is 8.06. The topological polar surface area (TPSA) is 43.8 Å². The first kappa shape index (κ1) is 17.3. The lowest BCUT2D eigenvalue weighted by Gasteiger charge is -2.37. The minimum absolute atomic E-state index is 0.150. The molecule has 1 saturated heterocycles. The number of hydrogen-bond donors (Lipinski definition) is 1. The number of halogens is 1. The smallest absolute Gasteiger partial charge is 0.317 e. The molecule has 0 radical (unpaired) electrons. The van der Waals surface area contributed by atoms with E-state index in [0.29, 0.717) is 6.04 Å². The van der Waals surface area contributed by atoms with E-state index in [0.717, 1.165) is 44.0 Å². The van der Waals surface area contributed by atoms with E-state index in [1.807, 2.05) is 19.1 Å². The molecule has 0 unspecified atom stereocenters. The second-order valence-electron chi connectivity index (χ2n) is 6.03. The van der Waals surface area contributed by atoms with E-state index in [9.17, 15) is 4.79 Å². The first-order valence-corrected chi connectivity index (χ1v) is 8.30. The Morgan fingerprint density at radius 2 is 2.09 bits per heavy atom. The van der Waals surface area contributed by atoms with Crippen LogP contribution in [0.3, 0.4) is 0 Å². The highest BCUT2D eigenvalue weighted by atomic mass is 35.5. The Labute approximate surface area is 137 Å². The van der Waals surface area contributed by atoms with E-state index < -0.39 is 5.97 Å². The van der Waals surface area contributed by atoms with Crippen molar-refractivity contribution in [2.75, 3.05) is 26.2 Å². The Bertz CT molecular complexity index is 513. The number of carbonyl (C=O) groups is 1. The zero-order valence-electron chi connectivity index (χ0n) is 13.4. The predicted molar refractivity (Wildman–Crippen MR) is 89.4 cm³/mol. The maximum absolute atomic E-state index is 10.9. The molecule has 0 aromatic heterocycles. The van der Waals surface area contributed by atoms with Crippen molar-refractivity contribution in [2.24, 2.45) is 0 Å². The van der Waals surface area contributed by atoms with Crippen LogP contribution in [0.25, 0.3) is 0 Å². The molecule has 0 atom stereocenters. The normalized spacial score (nSPS) is 17.1. The van der Waals surface area contributed by atoms with E-state index in [2.05, 4.69) is 22.8 Å². The Hall–Kier alpha value is -1.10. The number of carboxylic acid groups (broad SMARTS) is 1. The van der Waals surface area contributed by atoms with Gasteiger partial charge >= 0.3 is 5.97 Å². The largest absolute Gasteiger partial charge is 0.480 e. The van der Waals surface area contributed by atoms with Crippen LogP contribution in [0.5, 0.6) is 0 Å². The highest BCUT2D eigenvalue weighted by Gasteiger charge is 2.25. The molecular formula is C17H25ClN2O2. The Kier molecular flexibility index (Phi) is 6.24. The molecule has 2 rings (SSSR count). The fraction of sp³-hybridized carbons (Fsp3) is 0.588. The number of aryl methyl sites for hydroxylation is 1. The molecule has 1 aliphatic heterocycles. The molecule has 1 heterocycles. The Balaban J connectivity index is 1.87. The second-order valence-corrected chi connectivity index (χ2v) is 6.47. The lowest BCUT2D eigenvalue weighted by molar-refractivity contribution is -0.139. The summed E-state index contributed by atoms with van der Waals surface area (Å²) in [4.78, 5) is 15.4. The fourth-order valence-corrected chi connectivity index (χ4v) is 3.42. The van der Waals surface area contributed by atoms with Crippen LogP contribution in [0.15, 0.2) is 18.2 Å². The van der Waals surface area contributed by atoms with Crippen molar-refractivity contribution >= 4 is 17.6 Å². The van der Waals surface area contributed by atoms with Crippen LogP contribution in [-0.2, 0) is 11.3 Å². The van der Waals surface area contributed by atoms with E-state index in [4.69, 9.17) is 16.7 Å². The van der Waals surface area contributed by atoms with Gasteiger partial charge in [0.1, 0.15) is 0 Å². The van der Waals surface area contributed by atoms with E-state index in [-0.39, 0.29) is 6.54 Å². The Morgan fingerprint density at radius 3 is 2.64 bits per heavy atom. The second kappa shape index (κ2) is 7.95. The minimum atomic E-state index is -0.735. The van der Waals surface area contributed by atoms with Crippen LogP contribution in [-0.4, -0.2) is 53.1 Å². The lowest BCUT2D eigenvalue weighted by atomic mass is 10.0. The summed E-state index contributed by atoms with van der Waals surface area (Å²) in [6.07, 6.45) is 2.07. The molecule has 1 fully saturated rings. The number of likely N-dealkylation sites (tertiary alicyclic amines) is 1. The summed E-state index contributed by atoms with van der Waals surface area (Å²) in [6, 6.07) is 6.45. The van der Waals surface area contributed by atoms with Crippen molar-refractivity contribution in [3.05, 3.63) is 34.3 Å². The maximum atomic E-state index is 10.9. The first-order chi connectivity index (χ1) is 10.5. The van der Waals surface area contributed by atoms with Crippen LogP contribution in [0.4, 0.5) is 0 Å². The molecule has 5 heteroatoms. The Morgan fingerprint density at radius 1 is 1.41 bits per heavy atom. The van der Waals surface area contributed by atoms with Crippen molar-refractivity contribution in [1.29, 1.82) is 0 Å². The molecule has 22 heavy (non-hydrogen) atoms. The number of likely N-dealkylation sites (N-methyl/N-ethyl adjacent to an activating group) is 1. The van der Waals surface area contributed by atoms with Crippen molar-refractivity contribution in [2.45, 2.75) is 39.3 Å². The molecule has 0 bridgehead atoms. The third kappa shape index (κ3) is 4.70. The number of aliphatic carboxylic acids is 1. The number of nitrogens with zero attached hydrogens (tertiary/aromatic N) is 2. The zero-order chi connectivity index (χ0) is 16.1. The van der Waals surface area contributed by atoms with Gasteiger partial charge in [-0.25, -0.2) is 0 Å². The lowest BCUT2D eigenvalue weighted by Crippen LogP contribution is -2.46. The van der Waals surface area contributed by atoms with Crippen LogP contribution in [0.2, 0.25) is 5.02 Å². The summed E-state index contributed by atoms with van der Waals surface area (Å²) in [5.74, 6) is -0.735. The average molecular weight is 325 g/mol. The molecule has 1 N–H and O–H groups in total. The SMILES string of the molecule is CCN(CC(=O)O)C1CCN(Cc2ccc(Cl)cc2C)CC1. The molecule has 1 aromatic carbocycles. The summed E-state index contributed by atoms with van der Waals surface area (Å²) < 4.78 is 0. The first-order valence-electron chi connectivity index (χ1n) is 7.92. The van der Waals surface area contributed by atoms with Gasteiger partial charge in [-0.1, -0.05) is 24.6 Å². The summed E-state index contributed by atoms with van der Waals surface area (Å²) in [5, 5.41) is 9.77. The van der Waals surface area contributed by atoms with Gasteiger partial charge in [0, 0.05) is 17.6 Å². The zero-order valence-corrected chi connectivity index (χ0v) is 14.1. The summed E-state index contributed by atoms with van der Waals surface area (Å²) >= 11 is 6.00. The summed E-state index contributed by atoms with van der Waals surface area (Å²) in [5.41, 5.74) is 2.55. The van der Waals surface area contributed by atoms with Gasteiger partial charge in [-0.05, 0) is 62.7 Å². The van der Waals surface area contributed by atoms with E-state index in [1.54, 1.807) is 0 Å². The van der Waals surface area contributed by atoms with Crippen molar-refractivity contribution in [3.8, 4) is 0 Å². The number of carboxylic acids is 1.